The number of carbonyl (C=O) groups is 1. The number of nitrogens with two attached hydrogens (primary N) is 1. The molecule has 0 aliphatic carbocycles. The highest BCUT2D eigenvalue weighted by atomic mass is 79.9. The fourth-order valence-corrected chi connectivity index (χ4v) is 2.50. The lowest BCUT2D eigenvalue weighted by Crippen LogP contribution is -2.29. The van der Waals surface area contributed by atoms with Gasteiger partial charge in [-0.3, -0.25) is 4.79 Å². The molecule has 0 saturated carbocycles. The molecule has 100 valence electrons. The average molecular weight is 334 g/mol. The molecule has 1 fully saturated rings. The second-order valence-electron chi connectivity index (χ2n) is 4.61. The largest absolute Gasteiger partial charge is 0.338 e. The summed E-state index contributed by atoms with van der Waals surface area (Å²) in [5.74, 6) is 0.578. The van der Waals surface area contributed by atoms with E-state index in [1.54, 1.807) is 0 Å². The van der Waals surface area contributed by atoms with Crippen molar-refractivity contribution in [2.75, 3.05) is 19.6 Å². The lowest BCUT2D eigenvalue weighted by Gasteiger charge is -2.16. The maximum absolute atomic E-state index is 12.2. The Morgan fingerprint density at radius 3 is 2.83 bits per heavy atom. The highest BCUT2D eigenvalue weighted by molar-refractivity contribution is 9.10. The van der Waals surface area contributed by atoms with Crippen LogP contribution in [0.3, 0.4) is 0 Å². The van der Waals surface area contributed by atoms with E-state index in [2.05, 4.69) is 15.9 Å². The zero-order valence-corrected chi connectivity index (χ0v) is 12.8. The van der Waals surface area contributed by atoms with Crippen LogP contribution in [-0.4, -0.2) is 30.4 Å². The molecule has 0 bridgehead atoms. The van der Waals surface area contributed by atoms with Gasteiger partial charge in [-0.2, -0.15) is 0 Å². The number of hydrogen-bond donors (Lipinski definition) is 1. The van der Waals surface area contributed by atoms with Gasteiger partial charge in [0.25, 0.3) is 5.91 Å². The van der Waals surface area contributed by atoms with Gasteiger partial charge < -0.3 is 10.6 Å². The van der Waals surface area contributed by atoms with Crippen molar-refractivity contribution < 1.29 is 4.79 Å². The zero-order chi connectivity index (χ0) is 12.4. The van der Waals surface area contributed by atoms with Gasteiger partial charge >= 0.3 is 0 Å². The van der Waals surface area contributed by atoms with E-state index in [9.17, 15) is 4.79 Å². The maximum Gasteiger partial charge on any atom is 0.253 e. The summed E-state index contributed by atoms with van der Waals surface area (Å²) in [6, 6.07) is 5.75. The Balaban J connectivity index is 0.00000162. The van der Waals surface area contributed by atoms with Crippen LogP contribution in [0.4, 0.5) is 0 Å². The quantitative estimate of drug-likeness (QED) is 0.904. The Bertz CT molecular complexity index is 439. The first-order valence-electron chi connectivity index (χ1n) is 5.87. The van der Waals surface area contributed by atoms with Crippen LogP contribution in [0.25, 0.3) is 0 Å². The van der Waals surface area contributed by atoms with E-state index in [-0.39, 0.29) is 18.3 Å². The number of rotatable bonds is 2. The number of hydrogen-bond acceptors (Lipinski definition) is 2. The van der Waals surface area contributed by atoms with Crippen LogP contribution in [0.1, 0.15) is 22.3 Å². The molecule has 0 aromatic heterocycles. The van der Waals surface area contributed by atoms with Crippen molar-refractivity contribution in [2.24, 2.45) is 11.7 Å². The number of benzene rings is 1. The number of nitrogens with zero attached hydrogens (tertiary/aromatic N) is 1. The molecule has 1 aromatic carbocycles. The minimum Gasteiger partial charge on any atom is -0.338 e. The first-order chi connectivity index (χ1) is 8.11. The van der Waals surface area contributed by atoms with E-state index in [4.69, 9.17) is 5.73 Å². The molecular weight excluding hydrogens is 316 g/mol. The van der Waals surface area contributed by atoms with Crippen molar-refractivity contribution in [2.45, 2.75) is 13.3 Å². The van der Waals surface area contributed by atoms with Gasteiger partial charge in [0.05, 0.1) is 0 Å². The van der Waals surface area contributed by atoms with Gasteiger partial charge in [-0.25, -0.2) is 0 Å². The second-order valence-corrected chi connectivity index (χ2v) is 5.46. The molecular formula is C13H18BrClN2O. The van der Waals surface area contributed by atoms with E-state index in [1.807, 2.05) is 30.0 Å². The molecule has 1 aliphatic heterocycles. The first-order valence-corrected chi connectivity index (χ1v) is 6.66. The van der Waals surface area contributed by atoms with E-state index in [0.29, 0.717) is 12.5 Å². The Labute approximate surface area is 122 Å². The minimum absolute atomic E-state index is 0. The predicted octanol–water partition coefficient (Wildman–Crippen LogP) is 2.60. The normalized spacial score (nSPS) is 18.6. The Morgan fingerprint density at radius 2 is 2.28 bits per heavy atom. The first kappa shape index (κ1) is 15.5. The SMILES string of the molecule is Cc1ccc(C(=O)N2CCC(CN)C2)cc1Br.Cl. The number of halogens is 2. The number of aryl methyl sites for hydroxylation is 1. The van der Waals surface area contributed by atoms with Crippen LogP contribution in [-0.2, 0) is 0 Å². The van der Waals surface area contributed by atoms with Crippen molar-refractivity contribution in [1.29, 1.82) is 0 Å². The average Bonchev–Trinajstić information content (AvgIpc) is 2.80. The maximum atomic E-state index is 12.2. The fraction of sp³-hybridized carbons (Fsp3) is 0.462. The van der Waals surface area contributed by atoms with Gasteiger partial charge in [-0.15, -0.1) is 12.4 Å². The van der Waals surface area contributed by atoms with Crippen LogP contribution >= 0.6 is 28.3 Å². The molecule has 1 unspecified atom stereocenters. The molecule has 1 aromatic rings. The minimum atomic E-state index is 0. The molecule has 1 atom stereocenters. The van der Waals surface area contributed by atoms with Gasteiger partial charge in [-0.05, 0) is 43.5 Å². The summed E-state index contributed by atoms with van der Waals surface area (Å²) < 4.78 is 0.984. The third-order valence-electron chi connectivity index (χ3n) is 3.33. The molecule has 2 N–H and O–H groups in total. The Hall–Kier alpha value is -0.580. The van der Waals surface area contributed by atoms with Gasteiger partial charge in [0.1, 0.15) is 0 Å². The summed E-state index contributed by atoms with van der Waals surface area (Å²) in [7, 11) is 0. The lowest BCUT2D eigenvalue weighted by molar-refractivity contribution is 0.0787. The van der Waals surface area contributed by atoms with Gasteiger partial charge in [0.15, 0.2) is 0 Å². The Kier molecular flexibility index (Phi) is 5.63. The van der Waals surface area contributed by atoms with E-state index >= 15 is 0 Å². The molecule has 2 rings (SSSR count). The van der Waals surface area contributed by atoms with Gasteiger partial charge in [0.2, 0.25) is 0 Å². The summed E-state index contributed by atoms with van der Waals surface area (Å²) in [5.41, 5.74) is 7.52. The molecule has 5 heteroatoms. The lowest BCUT2D eigenvalue weighted by atomic mass is 10.1. The van der Waals surface area contributed by atoms with Crippen LogP contribution in [0.5, 0.6) is 0 Å². The molecule has 1 heterocycles. The fourth-order valence-electron chi connectivity index (χ4n) is 2.12. The molecule has 0 spiro atoms. The Morgan fingerprint density at radius 1 is 1.56 bits per heavy atom. The van der Waals surface area contributed by atoms with Crippen molar-refractivity contribution in [3.05, 3.63) is 33.8 Å². The third-order valence-corrected chi connectivity index (χ3v) is 4.18. The standard InChI is InChI=1S/C13H17BrN2O.ClH/c1-9-2-3-11(6-12(9)14)13(17)16-5-4-10(7-15)8-16;/h2-3,6,10H,4-5,7-8,15H2,1H3;1H. The van der Waals surface area contributed by atoms with E-state index in [1.165, 1.54) is 0 Å². The summed E-state index contributed by atoms with van der Waals surface area (Å²) >= 11 is 3.46. The summed E-state index contributed by atoms with van der Waals surface area (Å²) in [4.78, 5) is 14.1. The van der Waals surface area contributed by atoms with Crippen molar-refractivity contribution >= 4 is 34.2 Å². The summed E-state index contributed by atoms with van der Waals surface area (Å²) in [6.07, 6.45) is 1.02. The number of carbonyl (C=O) groups excluding carboxylic acids is 1. The summed E-state index contributed by atoms with van der Waals surface area (Å²) in [5, 5.41) is 0. The third kappa shape index (κ3) is 3.25. The predicted molar refractivity (Wildman–Crippen MR) is 79.2 cm³/mol. The van der Waals surface area contributed by atoms with Crippen molar-refractivity contribution in [3.8, 4) is 0 Å². The molecule has 0 radical (unpaired) electrons. The molecule has 1 saturated heterocycles. The number of amides is 1. The molecule has 1 aliphatic rings. The molecule has 18 heavy (non-hydrogen) atoms. The highest BCUT2D eigenvalue weighted by Crippen LogP contribution is 2.21. The molecule has 3 nitrogen and oxygen atoms in total. The van der Waals surface area contributed by atoms with Crippen LogP contribution in [0.2, 0.25) is 0 Å². The van der Waals surface area contributed by atoms with Gasteiger partial charge in [-0.1, -0.05) is 22.0 Å². The smallest absolute Gasteiger partial charge is 0.253 e. The van der Waals surface area contributed by atoms with Crippen LogP contribution < -0.4 is 5.73 Å². The van der Waals surface area contributed by atoms with Crippen LogP contribution in [0.15, 0.2) is 22.7 Å². The monoisotopic (exact) mass is 332 g/mol. The van der Waals surface area contributed by atoms with Crippen LogP contribution in [0, 0.1) is 12.8 Å². The highest BCUT2D eigenvalue weighted by Gasteiger charge is 2.26. The molecule has 1 amide bonds. The van der Waals surface area contributed by atoms with Crippen molar-refractivity contribution in [1.82, 2.24) is 4.90 Å². The number of likely N-dealkylation sites (tertiary alicyclic amines) is 1. The second kappa shape index (κ2) is 6.55. The van der Waals surface area contributed by atoms with Crippen molar-refractivity contribution in [3.63, 3.8) is 0 Å². The zero-order valence-electron chi connectivity index (χ0n) is 10.4. The summed E-state index contributed by atoms with van der Waals surface area (Å²) in [6.45, 7) is 4.30. The topological polar surface area (TPSA) is 46.3 Å². The van der Waals surface area contributed by atoms with Gasteiger partial charge in [0, 0.05) is 23.1 Å². The van der Waals surface area contributed by atoms with E-state index in [0.717, 1.165) is 35.1 Å². The van der Waals surface area contributed by atoms with E-state index < -0.39 is 0 Å².